The van der Waals surface area contributed by atoms with Crippen LogP contribution in [0.3, 0.4) is 0 Å². The number of nitrogens with one attached hydrogen (secondary N) is 1. The average Bonchev–Trinajstić information content (AvgIpc) is 3.60. The van der Waals surface area contributed by atoms with Gasteiger partial charge in [-0.25, -0.2) is 0 Å². The number of hydrogen-bond acceptors (Lipinski definition) is 6. The number of nitrogens with zero attached hydrogens (tertiary/aromatic N) is 3. The van der Waals surface area contributed by atoms with Gasteiger partial charge in [0.25, 0.3) is 11.8 Å². The zero-order chi connectivity index (χ0) is 27.6. The largest absolute Gasteiger partial charge is 0.372 e. The van der Waals surface area contributed by atoms with Crippen LogP contribution in [0.1, 0.15) is 60.6 Å². The molecule has 1 aromatic heterocycles. The van der Waals surface area contributed by atoms with Gasteiger partial charge in [-0.15, -0.1) is 11.3 Å². The van der Waals surface area contributed by atoms with E-state index in [-0.39, 0.29) is 42.0 Å². The summed E-state index contributed by atoms with van der Waals surface area (Å²) >= 11 is 7.18. The van der Waals surface area contributed by atoms with Gasteiger partial charge in [0.05, 0.1) is 21.8 Å². The number of likely N-dealkylation sites (tertiary alicyclic amines) is 2. The molecular weight excluding hydrogens is 524 g/mol. The van der Waals surface area contributed by atoms with Crippen molar-refractivity contribution in [2.24, 2.45) is 5.92 Å². The summed E-state index contributed by atoms with van der Waals surface area (Å²) in [6.07, 6.45) is 0.961. The first-order valence-electron chi connectivity index (χ1n) is 13.2. The van der Waals surface area contributed by atoms with Crippen molar-refractivity contribution >= 4 is 52.1 Å². The van der Waals surface area contributed by atoms with Crippen LogP contribution in [0.2, 0.25) is 4.34 Å². The van der Waals surface area contributed by atoms with Crippen LogP contribution >= 0.6 is 22.9 Å². The van der Waals surface area contributed by atoms with Crippen LogP contribution in [-0.2, 0) is 9.59 Å². The molecule has 0 radical (unpaired) electrons. The first-order chi connectivity index (χ1) is 18.1. The second kappa shape index (κ2) is 11.9. The summed E-state index contributed by atoms with van der Waals surface area (Å²) in [5, 5.41) is 2.93. The SMILES string of the molecule is CCN(CC)c1ccc(C(=O)NC(CC(C)C)C(=O)N2CCC3C2C(=O)CN3C(=O)c2ccc(Cl)s2)cc1. The molecule has 3 amide bonds. The van der Waals surface area contributed by atoms with Crippen molar-refractivity contribution in [2.45, 2.75) is 58.7 Å². The predicted octanol–water partition coefficient (Wildman–Crippen LogP) is 4.09. The molecule has 4 rings (SSSR count). The molecule has 204 valence electrons. The van der Waals surface area contributed by atoms with E-state index < -0.39 is 12.1 Å². The second-order valence-electron chi connectivity index (χ2n) is 10.2. The van der Waals surface area contributed by atoms with E-state index in [0.717, 1.165) is 18.8 Å². The Hall–Kier alpha value is -2.91. The van der Waals surface area contributed by atoms with E-state index in [9.17, 15) is 19.2 Å². The number of anilines is 1. The van der Waals surface area contributed by atoms with Crippen molar-refractivity contribution in [3.63, 3.8) is 0 Å². The minimum absolute atomic E-state index is 0.0342. The Morgan fingerprint density at radius 2 is 1.76 bits per heavy atom. The van der Waals surface area contributed by atoms with Crippen LogP contribution in [0.15, 0.2) is 36.4 Å². The van der Waals surface area contributed by atoms with Crippen molar-refractivity contribution in [2.75, 3.05) is 31.1 Å². The lowest BCUT2D eigenvalue weighted by atomic mass is 10.0. The Kier molecular flexibility index (Phi) is 8.78. The van der Waals surface area contributed by atoms with Crippen LogP contribution in [0, 0.1) is 5.92 Å². The molecule has 2 saturated heterocycles. The van der Waals surface area contributed by atoms with E-state index in [2.05, 4.69) is 24.1 Å². The van der Waals surface area contributed by atoms with Gasteiger partial charge in [-0.3, -0.25) is 19.2 Å². The molecule has 2 fully saturated rings. The summed E-state index contributed by atoms with van der Waals surface area (Å²) in [6.45, 7) is 10.2. The summed E-state index contributed by atoms with van der Waals surface area (Å²) < 4.78 is 0.508. The number of benzene rings is 1. The zero-order valence-corrected chi connectivity index (χ0v) is 23.8. The third kappa shape index (κ3) is 5.73. The highest BCUT2D eigenvalue weighted by atomic mass is 35.5. The predicted molar refractivity (Wildman–Crippen MR) is 150 cm³/mol. The van der Waals surface area contributed by atoms with Gasteiger partial charge >= 0.3 is 0 Å². The highest BCUT2D eigenvalue weighted by Crippen LogP contribution is 2.33. The number of carbonyl (C=O) groups excluding carboxylic acids is 4. The molecule has 2 aliphatic rings. The molecule has 0 saturated carbocycles. The average molecular weight is 559 g/mol. The Bertz CT molecular complexity index is 1190. The number of carbonyl (C=O) groups is 4. The summed E-state index contributed by atoms with van der Waals surface area (Å²) in [5.74, 6) is -0.847. The molecule has 8 nitrogen and oxygen atoms in total. The first-order valence-corrected chi connectivity index (χ1v) is 14.4. The Morgan fingerprint density at radius 1 is 1.08 bits per heavy atom. The minimum Gasteiger partial charge on any atom is -0.372 e. The van der Waals surface area contributed by atoms with Crippen LogP contribution in [0.25, 0.3) is 0 Å². The topological polar surface area (TPSA) is 90.0 Å². The number of ketones is 1. The summed E-state index contributed by atoms with van der Waals surface area (Å²) in [5.41, 5.74) is 1.51. The van der Waals surface area contributed by atoms with Crippen molar-refractivity contribution in [3.05, 3.63) is 51.2 Å². The van der Waals surface area contributed by atoms with Gasteiger partial charge in [-0.1, -0.05) is 25.4 Å². The number of Topliss-reactive ketones (excluding diaryl/α,β-unsaturated/α-hetero) is 1. The summed E-state index contributed by atoms with van der Waals surface area (Å²) in [4.78, 5) is 58.8. The van der Waals surface area contributed by atoms with Gasteiger partial charge in [-0.05, 0) is 69.0 Å². The highest BCUT2D eigenvalue weighted by Gasteiger charge is 2.52. The van der Waals surface area contributed by atoms with Crippen molar-refractivity contribution in [1.29, 1.82) is 0 Å². The molecule has 38 heavy (non-hydrogen) atoms. The minimum atomic E-state index is -0.766. The fraction of sp³-hybridized carbons (Fsp3) is 0.500. The molecule has 2 aliphatic heterocycles. The lowest BCUT2D eigenvalue weighted by molar-refractivity contribution is -0.138. The molecule has 3 atom stereocenters. The molecule has 3 heterocycles. The maximum atomic E-state index is 13.7. The lowest BCUT2D eigenvalue weighted by Crippen LogP contribution is -2.53. The van der Waals surface area contributed by atoms with Gasteiger partial charge < -0.3 is 20.0 Å². The van der Waals surface area contributed by atoms with Crippen LogP contribution < -0.4 is 10.2 Å². The van der Waals surface area contributed by atoms with Gasteiger partial charge in [0.2, 0.25) is 5.91 Å². The maximum absolute atomic E-state index is 13.7. The number of halogens is 1. The lowest BCUT2D eigenvalue weighted by Gasteiger charge is -2.29. The van der Waals surface area contributed by atoms with E-state index in [1.54, 1.807) is 34.1 Å². The van der Waals surface area contributed by atoms with E-state index >= 15 is 0 Å². The molecule has 0 spiro atoms. The first kappa shape index (κ1) is 28.1. The van der Waals surface area contributed by atoms with E-state index in [1.807, 2.05) is 26.0 Å². The third-order valence-corrected chi connectivity index (χ3v) is 8.54. The molecule has 2 aromatic rings. The van der Waals surface area contributed by atoms with Gasteiger partial charge in [-0.2, -0.15) is 0 Å². The standard InChI is InChI=1S/C28H35ClN4O4S/c1-5-31(6-2)19-9-7-18(8-10-19)26(35)30-20(15-17(3)4)27(36)32-14-13-21-25(32)22(34)16-33(21)28(37)23-11-12-24(29)38-23/h7-12,17,20-21,25H,5-6,13-16H2,1-4H3,(H,30,35). The van der Waals surface area contributed by atoms with Crippen molar-refractivity contribution < 1.29 is 19.2 Å². The van der Waals surface area contributed by atoms with Crippen molar-refractivity contribution in [1.82, 2.24) is 15.1 Å². The van der Waals surface area contributed by atoms with Crippen LogP contribution in [0.4, 0.5) is 5.69 Å². The van der Waals surface area contributed by atoms with Crippen LogP contribution in [0.5, 0.6) is 0 Å². The molecular formula is C28H35ClN4O4S. The zero-order valence-electron chi connectivity index (χ0n) is 22.3. The normalized spacial score (nSPS) is 19.6. The van der Waals surface area contributed by atoms with E-state index in [4.69, 9.17) is 11.6 Å². The summed E-state index contributed by atoms with van der Waals surface area (Å²) in [7, 11) is 0. The number of fused-ring (bicyclic) bond motifs is 1. The molecule has 1 N–H and O–H groups in total. The number of hydrogen-bond donors (Lipinski definition) is 1. The molecule has 10 heteroatoms. The summed E-state index contributed by atoms with van der Waals surface area (Å²) in [6, 6.07) is 8.86. The Labute approximate surface area is 232 Å². The van der Waals surface area contributed by atoms with Crippen LogP contribution in [-0.4, -0.2) is 77.6 Å². The molecule has 1 aromatic carbocycles. The van der Waals surface area contributed by atoms with E-state index in [1.165, 1.54) is 11.3 Å². The van der Waals surface area contributed by atoms with Gasteiger partial charge in [0.15, 0.2) is 5.78 Å². The number of amides is 3. The smallest absolute Gasteiger partial charge is 0.264 e. The maximum Gasteiger partial charge on any atom is 0.264 e. The molecule has 3 unspecified atom stereocenters. The van der Waals surface area contributed by atoms with Gasteiger partial charge in [0.1, 0.15) is 12.1 Å². The molecule has 0 bridgehead atoms. The second-order valence-corrected chi connectivity index (χ2v) is 11.9. The quantitative estimate of drug-likeness (QED) is 0.501. The fourth-order valence-electron chi connectivity index (χ4n) is 5.46. The fourth-order valence-corrected chi connectivity index (χ4v) is 6.46. The van der Waals surface area contributed by atoms with Crippen molar-refractivity contribution in [3.8, 4) is 0 Å². The number of rotatable bonds is 9. The third-order valence-electron chi connectivity index (χ3n) is 7.32. The number of thiophene rings is 1. The van der Waals surface area contributed by atoms with E-state index in [0.29, 0.717) is 34.2 Å². The molecule has 0 aliphatic carbocycles. The monoisotopic (exact) mass is 558 g/mol. The Balaban J connectivity index is 1.48. The highest BCUT2D eigenvalue weighted by molar-refractivity contribution is 7.18. The van der Waals surface area contributed by atoms with Gasteiger partial charge in [0, 0.05) is 30.9 Å². The Morgan fingerprint density at radius 3 is 2.34 bits per heavy atom.